The first-order valence-electron chi connectivity index (χ1n) is 10.3. The number of nitrogens with one attached hydrogen (secondary N) is 1. The molecule has 1 N–H and O–H groups in total. The van der Waals surface area contributed by atoms with Gasteiger partial charge in [-0.15, -0.1) is 0 Å². The first-order valence-corrected chi connectivity index (χ1v) is 10.3. The lowest BCUT2D eigenvalue weighted by Crippen LogP contribution is -2.32. The van der Waals surface area contributed by atoms with E-state index in [9.17, 15) is 14.0 Å². The van der Waals surface area contributed by atoms with E-state index < -0.39 is 17.6 Å². The van der Waals surface area contributed by atoms with Gasteiger partial charge in [0, 0.05) is 11.8 Å². The number of aryl methyl sites for hydroxylation is 2. The van der Waals surface area contributed by atoms with Gasteiger partial charge in [-0.3, -0.25) is 9.59 Å². The number of carbonyl (C=O) groups excluding carboxylic acids is 2. The highest BCUT2D eigenvalue weighted by atomic mass is 19.1. The SMILES string of the molecule is COc1ccc(NC2=C(c3ccc(C)c(C)c3)C(=O)N(c3ccc(F)cc3)C2=O)cc1OC. The Bertz CT molecular complexity index is 1280. The molecule has 0 saturated carbocycles. The summed E-state index contributed by atoms with van der Waals surface area (Å²) in [7, 11) is 3.05. The third-order valence-electron chi connectivity index (χ3n) is 5.62. The molecule has 168 valence electrons. The van der Waals surface area contributed by atoms with E-state index in [1.54, 1.807) is 18.2 Å². The number of methoxy groups -OCH3 is 2. The van der Waals surface area contributed by atoms with Crippen LogP contribution >= 0.6 is 0 Å². The van der Waals surface area contributed by atoms with E-state index in [0.29, 0.717) is 22.7 Å². The van der Waals surface area contributed by atoms with Gasteiger partial charge in [0.2, 0.25) is 0 Å². The Hall–Kier alpha value is -4.13. The lowest BCUT2D eigenvalue weighted by atomic mass is 9.99. The molecule has 0 bridgehead atoms. The third-order valence-corrected chi connectivity index (χ3v) is 5.62. The van der Waals surface area contributed by atoms with Crippen molar-refractivity contribution in [2.24, 2.45) is 0 Å². The number of carbonyl (C=O) groups is 2. The van der Waals surface area contributed by atoms with E-state index in [4.69, 9.17) is 9.47 Å². The van der Waals surface area contributed by atoms with Gasteiger partial charge in [0.05, 0.1) is 25.5 Å². The molecule has 7 heteroatoms. The van der Waals surface area contributed by atoms with Crippen molar-refractivity contribution in [1.29, 1.82) is 0 Å². The molecule has 0 spiro atoms. The van der Waals surface area contributed by atoms with Crippen molar-refractivity contribution in [2.45, 2.75) is 13.8 Å². The second kappa shape index (κ2) is 8.78. The Morgan fingerprint density at radius 1 is 0.788 bits per heavy atom. The Labute approximate surface area is 191 Å². The summed E-state index contributed by atoms with van der Waals surface area (Å²) in [5.74, 6) is -0.465. The van der Waals surface area contributed by atoms with Crippen molar-refractivity contribution >= 4 is 28.8 Å². The second-order valence-electron chi connectivity index (χ2n) is 7.67. The van der Waals surface area contributed by atoms with Crippen LogP contribution in [0.1, 0.15) is 16.7 Å². The van der Waals surface area contributed by atoms with Crippen LogP contribution in [-0.4, -0.2) is 26.0 Å². The van der Waals surface area contributed by atoms with E-state index in [1.165, 1.54) is 38.5 Å². The monoisotopic (exact) mass is 446 g/mol. The minimum Gasteiger partial charge on any atom is -0.493 e. The van der Waals surface area contributed by atoms with Gasteiger partial charge in [-0.1, -0.05) is 18.2 Å². The van der Waals surface area contributed by atoms with Crippen LogP contribution in [0.2, 0.25) is 0 Å². The summed E-state index contributed by atoms with van der Waals surface area (Å²) >= 11 is 0. The first kappa shape index (κ1) is 22.1. The maximum absolute atomic E-state index is 13.5. The van der Waals surface area contributed by atoms with Gasteiger partial charge in [-0.25, -0.2) is 9.29 Å². The zero-order valence-electron chi connectivity index (χ0n) is 18.7. The summed E-state index contributed by atoms with van der Waals surface area (Å²) < 4.78 is 24.1. The van der Waals surface area contributed by atoms with Crippen LogP contribution < -0.4 is 19.7 Å². The first-order chi connectivity index (χ1) is 15.8. The normalized spacial score (nSPS) is 13.5. The van der Waals surface area contributed by atoms with Gasteiger partial charge in [0.1, 0.15) is 11.5 Å². The maximum Gasteiger partial charge on any atom is 0.282 e. The summed E-state index contributed by atoms with van der Waals surface area (Å²) in [4.78, 5) is 28.0. The highest BCUT2D eigenvalue weighted by Gasteiger charge is 2.40. The fourth-order valence-corrected chi connectivity index (χ4v) is 3.69. The predicted octanol–water partition coefficient (Wildman–Crippen LogP) is 4.86. The summed E-state index contributed by atoms with van der Waals surface area (Å²) in [5.41, 5.74) is 3.88. The minimum absolute atomic E-state index is 0.125. The fourth-order valence-electron chi connectivity index (χ4n) is 3.69. The number of imide groups is 1. The lowest BCUT2D eigenvalue weighted by Gasteiger charge is -2.15. The Balaban J connectivity index is 1.83. The number of anilines is 2. The average Bonchev–Trinajstić information content (AvgIpc) is 3.05. The summed E-state index contributed by atoms with van der Waals surface area (Å²) in [5, 5.41) is 3.10. The molecule has 3 aromatic carbocycles. The number of amides is 2. The number of ether oxygens (including phenoxy) is 2. The van der Waals surface area contributed by atoms with Crippen LogP contribution in [0.4, 0.5) is 15.8 Å². The zero-order valence-corrected chi connectivity index (χ0v) is 18.7. The number of halogens is 1. The molecule has 1 aliphatic rings. The van der Waals surface area contributed by atoms with E-state index in [0.717, 1.165) is 16.0 Å². The van der Waals surface area contributed by atoms with Gasteiger partial charge in [-0.2, -0.15) is 0 Å². The zero-order chi connectivity index (χ0) is 23.7. The van der Waals surface area contributed by atoms with Crippen molar-refractivity contribution in [3.8, 4) is 11.5 Å². The minimum atomic E-state index is -0.533. The highest BCUT2D eigenvalue weighted by Crippen LogP contribution is 2.36. The quantitative estimate of drug-likeness (QED) is 0.548. The second-order valence-corrected chi connectivity index (χ2v) is 7.67. The van der Waals surface area contributed by atoms with Crippen molar-refractivity contribution in [3.63, 3.8) is 0 Å². The molecule has 0 radical (unpaired) electrons. The van der Waals surface area contributed by atoms with Crippen molar-refractivity contribution in [3.05, 3.63) is 88.9 Å². The van der Waals surface area contributed by atoms with E-state index in [2.05, 4.69) is 5.32 Å². The molecule has 0 fully saturated rings. The van der Waals surface area contributed by atoms with Crippen molar-refractivity contribution < 1.29 is 23.5 Å². The topological polar surface area (TPSA) is 67.9 Å². The van der Waals surface area contributed by atoms with Crippen molar-refractivity contribution in [1.82, 2.24) is 0 Å². The average molecular weight is 446 g/mol. The molecule has 0 saturated heterocycles. The van der Waals surface area contributed by atoms with E-state index in [-0.39, 0.29) is 17.0 Å². The maximum atomic E-state index is 13.5. The number of nitrogens with zero attached hydrogens (tertiary/aromatic N) is 1. The molecule has 1 aliphatic heterocycles. The predicted molar refractivity (Wildman–Crippen MR) is 125 cm³/mol. The fraction of sp³-hybridized carbons (Fsp3) is 0.154. The van der Waals surface area contributed by atoms with Crippen molar-refractivity contribution in [2.75, 3.05) is 24.4 Å². The lowest BCUT2D eigenvalue weighted by molar-refractivity contribution is -0.120. The molecule has 4 rings (SSSR count). The van der Waals surface area contributed by atoms with Crippen LogP contribution in [-0.2, 0) is 9.59 Å². The molecule has 2 amide bonds. The van der Waals surface area contributed by atoms with Crippen LogP contribution in [0.3, 0.4) is 0 Å². The van der Waals surface area contributed by atoms with Crippen LogP contribution in [0, 0.1) is 19.7 Å². The largest absolute Gasteiger partial charge is 0.493 e. The molecule has 0 unspecified atom stereocenters. The molecule has 6 nitrogen and oxygen atoms in total. The molecule has 3 aromatic rings. The Morgan fingerprint density at radius 3 is 2.12 bits per heavy atom. The number of rotatable bonds is 6. The van der Waals surface area contributed by atoms with Gasteiger partial charge in [0.15, 0.2) is 11.5 Å². The molecule has 0 aromatic heterocycles. The molecule has 0 atom stereocenters. The summed E-state index contributed by atoms with van der Waals surface area (Å²) in [6.07, 6.45) is 0. The van der Waals surface area contributed by atoms with Gasteiger partial charge < -0.3 is 14.8 Å². The van der Waals surface area contributed by atoms with Crippen LogP contribution in [0.25, 0.3) is 5.57 Å². The van der Waals surface area contributed by atoms with Gasteiger partial charge in [0.25, 0.3) is 11.8 Å². The molecule has 1 heterocycles. The molecule has 33 heavy (non-hydrogen) atoms. The molecular weight excluding hydrogens is 423 g/mol. The highest BCUT2D eigenvalue weighted by molar-refractivity contribution is 6.46. The smallest absolute Gasteiger partial charge is 0.282 e. The molecular formula is C26H23FN2O4. The Kier molecular flexibility index (Phi) is 5.87. The van der Waals surface area contributed by atoms with E-state index in [1.807, 2.05) is 32.0 Å². The molecule has 0 aliphatic carbocycles. The summed E-state index contributed by atoms with van der Waals surface area (Å²) in [6, 6.07) is 15.9. The van der Waals surface area contributed by atoms with Crippen LogP contribution in [0.5, 0.6) is 11.5 Å². The third kappa shape index (κ3) is 4.05. The van der Waals surface area contributed by atoms with E-state index >= 15 is 0 Å². The number of hydrogen-bond donors (Lipinski definition) is 1. The number of benzene rings is 3. The van der Waals surface area contributed by atoms with Crippen LogP contribution in [0.15, 0.2) is 66.4 Å². The Morgan fingerprint density at radius 2 is 1.48 bits per heavy atom. The standard InChI is InChI=1S/C26H23FN2O4/c1-15-5-6-17(13-16(15)2)23-24(28-19-9-12-21(32-3)22(14-19)33-4)26(31)29(25(23)30)20-10-7-18(27)8-11-20/h5-14,28H,1-4H3. The summed E-state index contributed by atoms with van der Waals surface area (Å²) in [6.45, 7) is 3.92. The number of hydrogen-bond acceptors (Lipinski definition) is 5. The van der Waals surface area contributed by atoms with Gasteiger partial charge in [-0.05, 0) is 66.9 Å². The van der Waals surface area contributed by atoms with Gasteiger partial charge >= 0.3 is 0 Å².